The lowest BCUT2D eigenvalue weighted by Gasteiger charge is -2.26. The molecule has 0 unspecified atom stereocenters. The van der Waals surface area contributed by atoms with Crippen LogP contribution in [0.3, 0.4) is 0 Å². The summed E-state index contributed by atoms with van der Waals surface area (Å²) >= 11 is 0. The summed E-state index contributed by atoms with van der Waals surface area (Å²) in [6.45, 7) is 1.55. The van der Waals surface area contributed by atoms with Gasteiger partial charge in [0.2, 0.25) is 0 Å². The lowest BCUT2D eigenvalue weighted by Crippen LogP contribution is -2.33. The van der Waals surface area contributed by atoms with Crippen molar-refractivity contribution in [2.75, 3.05) is 0 Å². The minimum Gasteiger partial charge on any atom is -0.326 e. The van der Waals surface area contributed by atoms with E-state index in [1.165, 1.54) is 75.1 Å². The summed E-state index contributed by atoms with van der Waals surface area (Å²) in [4.78, 5) is 0. The van der Waals surface area contributed by atoms with Gasteiger partial charge in [0, 0.05) is 19.1 Å². The molecule has 0 atom stereocenters. The largest absolute Gasteiger partial charge is 0.326 e. The quantitative estimate of drug-likeness (QED) is 0.147. The van der Waals surface area contributed by atoms with Gasteiger partial charge in [-0.15, -0.1) is 0 Å². The Hall–Kier alpha value is -3.90. The second-order valence-corrected chi connectivity index (χ2v) is 16.6. The molecule has 242 valence electrons. The Balaban J connectivity index is 0.000000173. The van der Waals surface area contributed by atoms with Crippen LogP contribution >= 0.6 is 15.8 Å². The Morgan fingerprint density at radius 1 is 0.438 bits per heavy atom. The molecule has 0 bridgehead atoms. The first kappa shape index (κ1) is 34.0. The maximum absolute atomic E-state index is 5.95. The van der Waals surface area contributed by atoms with Gasteiger partial charge in [-0.1, -0.05) is 189 Å². The normalized spacial score (nSPS) is 13.2. The summed E-state index contributed by atoms with van der Waals surface area (Å²) < 4.78 is 0. The van der Waals surface area contributed by atoms with Crippen molar-refractivity contribution in [1.82, 2.24) is 5.32 Å². The van der Waals surface area contributed by atoms with Gasteiger partial charge in [0.25, 0.3) is 0 Å². The van der Waals surface area contributed by atoms with Crippen LogP contribution in [-0.2, 0) is 13.1 Å². The van der Waals surface area contributed by atoms with E-state index < -0.39 is 15.8 Å². The van der Waals surface area contributed by atoms with Crippen LogP contribution in [0.5, 0.6) is 0 Å². The fraction of sp³-hybridized carbons (Fsp3) is 0.182. The van der Waals surface area contributed by atoms with Gasteiger partial charge < -0.3 is 11.1 Å². The third-order valence-electron chi connectivity index (χ3n) is 8.93. The van der Waals surface area contributed by atoms with Gasteiger partial charge in [-0.25, -0.2) is 0 Å². The summed E-state index contributed by atoms with van der Waals surface area (Å²) in [5, 5.41) is 12.2. The first-order chi connectivity index (χ1) is 23.8. The molecule has 0 heterocycles. The van der Waals surface area contributed by atoms with Gasteiger partial charge in [-0.2, -0.15) is 0 Å². The van der Waals surface area contributed by atoms with E-state index in [2.05, 4.69) is 175 Å². The molecule has 3 N–H and O–H groups in total. The summed E-state index contributed by atoms with van der Waals surface area (Å²) in [5.74, 6) is 0. The molecular weight excluding hydrogens is 618 g/mol. The zero-order chi connectivity index (χ0) is 32.8. The fourth-order valence-corrected chi connectivity index (χ4v) is 11.5. The van der Waals surface area contributed by atoms with Crippen molar-refractivity contribution in [2.45, 2.75) is 51.2 Å². The molecule has 6 aromatic carbocycles. The molecule has 7 rings (SSSR count). The van der Waals surface area contributed by atoms with E-state index in [0.717, 1.165) is 6.54 Å². The molecule has 6 aromatic rings. The number of hydrogen-bond acceptors (Lipinski definition) is 2. The second-order valence-electron chi connectivity index (χ2n) is 12.2. The Morgan fingerprint density at radius 3 is 1.21 bits per heavy atom. The number of nitrogens with two attached hydrogens (primary N) is 1. The van der Waals surface area contributed by atoms with Crippen molar-refractivity contribution in [1.29, 1.82) is 0 Å². The van der Waals surface area contributed by atoms with Gasteiger partial charge in [-0.05, 0) is 71.6 Å². The predicted octanol–water partition coefficient (Wildman–Crippen LogP) is 7.77. The molecule has 1 saturated carbocycles. The standard InChI is InChI=1S/C25H28NP.C19H18NP/c1-4-13-22(14-5-1)26-20-21-12-10-11-19-25(21)27(23-15-6-2-7-16-23)24-17-8-3-9-18-24;20-15-16-9-7-8-14-19(16)21(17-10-3-1-4-11-17)18-12-5-2-6-13-18/h2-3,6-12,15-19,22,26H,1,4-5,13-14,20H2;1-14H,15,20H2. The molecule has 0 amide bonds. The lowest BCUT2D eigenvalue weighted by atomic mass is 9.95. The summed E-state index contributed by atoms with van der Waals surface area (Å²) in [6, 6.07) is 61.7. The van der Waals surface area contributed by atoms with Crippen molar-refractivity contribution < 1.29 is 0 Å². The molecule has 0 aliphatic heterocycles. The molecule has 0 aromatic heterocycles. The SMILES string of the molecule is NCc1ccccc1P(c1ccccc1)c1ccccc1.c1ccc(P(c2ccccc2)c2ccccc2CNC2CCCCC2)cc1. The average Bonchev–Trinajstić information content (AvgIpc) is 3.17. The summed E-state index contributed by atoms with van der Waals surface area (Å²) in [6.07, 6.45) is 6.81. The average molecular weight is 665 g/mol. The van der Waals surface area contributed by atoms with Crippen LogP contribution in [0.15, 0.2) is 170 Å². The molecule has 48 heavy (non-hydrogen) atoms. The zero-order valence-electron chi connectivity index (χ0n) is 27.7. The predicted molar refractivity (Wildman–Crippen MR) is 212 cm³/mol. The van der Waals surface area contributed by atoms with E-state index >= 15 is 0 Å². The zero-order valence-corrected chi connectivity index (χ0v) is 29.5. The van der Waals surface area contributed by atoms with Crippen LogP contribution in [-0.4, -0.2) is 6.04 Å². The second kappa shape index (κ2) is 18.0. The van der Waals surface area contributed by atoms with E-state index in [1.807, 2.05) is 0 Å². The molecule has 1 fully saturated rings. The highest BCUT2D eigenvalue weighted by atomic mass is 31.1. The van der Waals surface area contributed by atoms with Crippen LogP contribution in [0.2, 0.25) is 0 Å². The highest BCUT2D eigenvalue weighted by Gasteiger charge is 2.21. The molecule has 1 aliphatic carbocycles. The minimum atomic E-state index is -0.553. The highest BCUT2D eigenvalue weighted by Crippen LogP contribution is 2.35. The number of nitrogens with one attached hydrogen (secondary N) is 1. The van der Waals surface area contributed by atoms with Gasteiger partial charge in [0.1, 0.15) is 0 Å². The summed E-state index contributed by atoms with van der Waals surface area (Å²) in [7, 11) is -1.09. The van der Waals surface area contributed by atoms with Crippen LogP contribution in [0, 0.1) is 0 Å². The van der Waals surface area contributed by atoms with Crippen LogP contribution < -0.4 is 42.9 Å². The number of benzene rings is 6. The Morgan fingerprint density at radius 2 is 0.792 bits per heavy atom. The van der Waals surface area contributed by atoms with Crippen LogP contribution in [0.25, 0.3) is 0 Å². The highest BCUT2D eigenvalue weighted by molar-refractivity contribution is 7.80. The number of hydrogen-bond donors (Lipinski definition) is 2. The molecular formula is C44H46N2P2. The third-order valence-corrected chi connectivity index (χ3v) is 14.0. The maximum Gasteiger partial charge on any atom is 0.0214 e. The van der Waals surface area contributed by atoms with Crippen molar-refractivity contribution in [3.8, 4) is 0 Å². The lowest BCUT2D eigenvalue weighted by molar-refractivity contribution is 0.372. The Labute approximate surface area is 290 Å². The first-order valence-corrected chi connectivity index (χ1v) is 19.9. The van der Waals surface area contributed by atoms with Crippen LogP contribution in [0.1, 0.15) is 43.2 Å². The van der Waals surface area contributed by atoms with E-state index in [9.17, 15) is 0 Å². The van der Waals surface area contributed by atoms with Crippen molar-refractivity contribution in [3.05, 3.63) is 181 Å². The molecule has 0 spiro atoms. The topological polar surface area (TPSA) is 38.0 Å². The summed E-state index contributed by atoms with van der Waals surface area (Å²) in [5.41, 5.74) is 8.63. The van der Waals surface area contributed by atoms with E-state index in [4.69, 9.17) is 5.73 Å². The minimum absolute atomic E-state index is 0.536. The molecule has 1 aliphatic rings. The first-order valence-electron chi connectivity index (χ1n) is 17.2. The maximum atomic E-state index is 5.95. The third kappa shape index (κ3) is 8.96. The Bertz CT molecular complexity index is 1710. The molecule has 2 nitrogen and oxygen atoms in total. The Kier molecular flexibility index (Phi) is 12.8. The van der Waals surface area contributed by atoms with Crippen molar-refractivity contribution in [3.63, 3.8) is 0 Å². The smallest absolute Gasteiger partial charge is 0.0214 e. The van der Waals surface area contributed by atoms with E-state index in [1.54, 1.807) is 0 Å². The van der Waals surface area contributed by atoms with E-state index in [-0.39, 0.29) is 0 Å². The van der Waals surface area contributed by atoms with Gasteiger partial charge >= 0.3 is 0 Å². The molecule has 4 heteroatoms. The van der Waals surface area contributed by atoms with Crippen LogP contribution in [0.4, 0.5) is 0 Å². The monoisotopic (exact) mass is 664 g/mol. The number of rotatable bonds is 10. The van der Waals surface area contributed by atoms with Gasteiger partial charge in [-0.3, -0.25) is 0 Å². The van der Waals surface area contributed by atoms with Gasteiger partial charge in [0.15, 0.2) is 0 Å². The fourth-order valence-electron chi connectivity index (χ4n) is 6.50. The molecule has 0 radical (unpaired) electrons. The van der Waals surface area contributed by atoms with Crippen molar-refractivity contribution >= 4 is 47.7 Å². The van der Waals surface area contributed by atoms with Crippen molar-refractivity contribution in [2.24, 2.45) is 5.73 Å². The van der Waals surface area contributed by atoms with E-state index in [0.29, 0.717) is 12.6 Å². The van der Waals surface area contributed by atoms with Gasteiger partial charge in [0.05, 0.1) is 0 Å². The molecule has 0 saturated heterocycles.